The number of hydrogen-bond acceptors (Lipinski definition) is 4. The Bertz CT molecular complexity index is 337. The molecule has 0 rings (SSSR count). The van der Waals surface area contributed by atoms with Crippen molar-refractivity contribution in [3.63, 3.8) is 0 Å². The van der Waals surface area contributed by atoms with Gasteiger partial charge >= 0.3 is 7.60 Å². The van der Waals surface area contributed by atoms with Gasteiger partial charge < -0.3 is 21.3 Å². The van der Waals surface area contributed by atoms with Gasteiger partial charge in [0.15, 0.2) is 5.96 Å². The van der Waals surface area contributed by atoms with Crippen LogP contribution in [-0.4, -0.2) is 50.7 Å². The van der Waals surface area contributed by atoms with Gasteiger partial charge in [0, 0.05) is 13.5 Å². The number of amides is 1. The zero-order valence-corrected chi connectivity index (χ0v) is 10.2. The van der Waals surface area contributed by atoms with E-state index in [1.54, 1.807) is 0 Å². The second-order valence-electron chi connectivity index (χ2n) is 3.44. The van der Waals surface area contributed by atoms with E-state index in [-0.39, 0.29) is 25.5 Å². The predicted molar refractivity (Wildman–Crippen MR) is 60.3 cm³/mol. The molecule has 9 nitrogen and oxygen atoms in total. The van der Waals surface area contributed by atoms with Crippen molar-refractivity contribution in [2.24, 2.45) is 16.5 Å². The van der Waals surface area contributed by atoms with E-state index in [2.05, 4.69) is 4.99 Å². The molecule has 0 heterocycles. The van der Waals surface area contributed by atoms with Crippen molar-refractivity contribution < 1.29 is 24.4 Å². The molecule has 0 spiro atoms. The van der Waals surface area contributed by atoms with Crippen molar-refractivity contribution in [1.29, 1.82) is 0 Å². The van der Waals surface area contributed by atoms with E-state index in [9.17, 15) is 9.36 Å². The van der Waals surface area contributed by atoms with E-state index >= 15 is 0 Å². The lowest BCUT2D eigenvalue weighted by Gasteiger charge is -2.19. The average Bonchev–Trinajstić information content (AvgIpc) is 2.14. The number of hydroxylamine groups is 2. The smallest absolute Gasteiger partial charge is 0.330 e. The molecule has 0 radical (unpaired) electrons. The Hall–Kier alpha value is -1.15. The molecule has 0 aliphatic carbocycles. The van der Waals surface area contributed by atoms with Gasteiger partial charge in [-0.3, -0.25) is 19.6 Å². The molecule has 0 aliphatic rings. The highest BCUT2D eigenvalue weighted by Gasteiger charge is 2.29. The summed E-state index contributed by atoms with van der Waals surface area (Å²) in [5.74, 6) is -0.896. The normalized spacial score (nSPS) is 12.9. The van der Waals surface area contributed by atoms with Crippen LogP contribution in [0.4, 0.5) is 0 Å². The van der Waals surface area contributed by atoms with Crippen molar-refractivity contribution in [3.05, 3.63) is 0 Å². The Labute approximate surface area is 98.2 Å². The maximum atomic E-state index is 11.1. The molecular formula is C7H17N4O5P. The third kappa shape index (κ3) is 6.90. The van der Waals surface area contributed by atoms with Gasteiger partial charge in [-0.2, -0.15) is 0 Å². The molecular weight excluding hydrogens is 251 g/mol. The molecule has 0 fully saturated rings. The molecule has 0 saturated heterocycles. The van der Waals surface area contributed by atoms with Crippen LogP contribution in [0.1, 0.15) is 13.3 Å². The van der Waals surface area contributed by atoms with Crippen LogP contribution in [0.2, 0.25) is 0 Å². The molecule has 10 heteroatoms. The van der Waals surface area contributed by atoms with Crippen molar-refractivity contribution in [1.82, 2.24) is 5.06 Å². The Morgan fingerprint density at radius 1 is 1.47 bits per heavy atom. The van der Waals surface area contributed by atoms with E-state index in [1.165, 1.54) is 0 Å². The maximum absolute atomic E-state index is 11.1. The van der Waals surface area contributed by atoms with Gasteiger partial charge in [0.25, 0.3) is 0 Å². The third-order valence-corrected chi connectivity index (χ3v) is 3.37. The number of guanidine groups is 1. The lowest BCUT2D eigenvalue weighted by molar-refractivity contribution is -0.162. The van der Waals surface area contributed by atoms with Gasteiger partial charge in [0.1, 0.15) is 0 Å². The molecule has 0 aliphatic heterocycles. The Morgan fingerprint density at radius 2 is 2.00 bits per heavy atom. The summed E-state index contributed by atoms with van der Waals surface area (Å²) in [5, 5.41) is 9.44. The fraction of sp³-hybridized carbons (Fsp3) is 0.714. The van der Waals surface area contributed by atoms with Crippen LogP contribution in [0.15, 0.2) is 4.99 Å². The topological polar surface area (TPSA) is 162 Å². The van der Waals surface area contributed by atoms with Crippen LogP contribution in [0.5, 0.6) is 0 Å². The van der Waals surface area contributed by atoms with Crippen LogP contribution >= 0.6 is 7.60 Å². The molecule has 1 atom stereocenters. The summed E-state index contributed by atoms with van der Waals surface area (Å²) in [6.45, 7) is 0.659. The predicted octanol–water partition coefficient (Wildman–Crippen LogP) is -1.57. The summed E-state index contributed by atoms with van der Waals surface area (Å²) >= 11 is 0. The molecule has 0 bridgehead atoms. The van der Waals surface area contributed by atoms with Crippen molar-refractivity contribution in [2.75, 3.05) is 13.1 Å². The zero-order valence-electron chi connectivity index (χ0n) is 9.35. The minimum atomic E-state index is -4.39. The number of carbonyl (C=O) groups excluding carboxylic acids is 1. The molecule has 1 amide bonds. The van der Waals surface area contributed by atoms with Gasteiger partial charge in [-0.15, -0.1) is 0 Å². The summed E-state index contributed by atoms with van der Waals surface area (Å²) < 4.78 is 11.1. The highest BCUT2D eigenvalue weighted by atomic mass is 31.2. The van der Waals surface area contributed by atoms with E-state index in [0.717, 1.165) is 6.92 Å². The summed E-state index contributed by atoms with van der Waals surface area (Å²) in [5.41, 5.74) is 8.96. The van der Waals surface area contributed by atoms with Crippen LogP contribution < -0.4 is 11.5 Å². The van der Waals surface area contributed by atoms with Crippen molar-refractivity contribution in [3.8, 4) is 0 Å². The first kappa shape index (κ1) is 15.9. The first-order chi connectivity index (χ1) is 7.64. The van der Waals surface area contributed by atoms with Crippen LogP contribution in [-0.2, 0) is 9.36 Å². The number of rotatable bonds is 6. The van der Waals surface area contributed by atoms with Crippen LogP contribution in [0, 0.1) is 0 Å². The van der Waals surface area contributed by atoms with Crippen molar-refractivity contribution in [2.45, 2.75) is 19.0 Å². The molecule has 0 aromatic rings. The molecule has 7 N–H and O–H groups in total. The fourth-order valence-corrected chi connectivity index (χ4v) is 1.75. The minimum absolute atomic E-state index is 0.114. The second-order valence-corrected chi connectivity index (χ2v) is 5.35. The average molecular weight is 268 g/mol. The number of hydrogen-bond donors (Lipinski definition) is 5. The lowest BCUT2D eigenvalue weighted by atomic mass is 10.3. The number of carbonyl (C=O) groups is 1. The van der Waals surface area contributed by atoms with Gasteiger partial charge in [-0.1, -0.05) is 0 Å². The quantitative estimate of drug-likeness (QED) is 0.128. The molecule has 17 heavy (non-hydrogen) atoms. The fourth-order valence-electron chi connectivity index (χ4n) is 1.01. The van der Waals surface area contributed by atoms with Gasteiger partial charge in [-0.05, 0) is 6.42 Å². The van der Waals surface area contributed by atoms with Crippen LogP contribution in [0.3, 0.4) is 0 Å². The highest BCUT2D eigenvalue weighted by Crippen LogP contribution is 2.43. The SMILES string of the molecule is CC(=O)N(O)CCC(CN=C(N)N)P(=O)(O)O. The largest absolute Gasteiger partial charge is 0.370 e. The number of nitrogens with two attached hydrogens (primary N) is 2. The number of aliphatic imine (C=N–C) groups is 1. The molecule has 0 aromatic heterocycles. The monoisotopic (exact) mass is 268 g/mol. The number of nitrogens with zero attached hydrogens (tertiary/aromatic N) is 2. The standard InChI is InChI=1S/C7H17N4O5P/c1-5(12)11(13)3-2-6(17(14,15)16)4-10-7(8)9/h6,13H,2-4H2,1H3,(H4,8,9,10)(H2,14,15,16). The summed E-state index contributed by atoms with van der Waals surface area (Å²) in [4.78, 5) is 32.2. The van der Waals surface area contributed by atoms with Gasteiger partial charge in [0.05, 0.1) is 12.2 Å². The summed E-state index contributed by atoms with van der Waals surface area (Å²) in [6.07, 6.45) is -0.114. The Balaban J connectivity index is 4.47. The van der Waals surface area contributed by atoms with Crippen molar-refractivity contribution >= 4 is 19.5 Å². The lowest BCUT2D eigenvalue weighted by Crippen LogP contribution is -2.30. The Morgan fingerprint density at radius 3 is 2.35 bits per heavy atom. The summed E-state index contributed by atoms with van der Waals surface area (Å²) in [7, 11) is -4.39. The summed E-state index contributed by atoms with van der Waals surface area (Å²) in [6, 6.07) is 0. The highest BCUT2D eigenvalue weighted by molar-refractivity contribution is 7.52. The van der Waals surface area contributed by atoms with E-state index in [1.807, 2.05) is 0 Å². The molecule has 0 aromatic carbocycles. The minimum Gasteiger partial charge on any atom is -0.370 e. The molecule has 1 unspecified atom stereocenters. The zero-order chi connectivity index (χ0) is 13.6. The van der Waals surface area contributed by atoms with E-state index < -0.39 is 19.2 Å². The maximum Gasteiger partial charge on any atom is 0.330 e. The molecule has 100 valence electrons. The van der Waals surface area contributed by atoms with E-state index in [0.29, 0.717) is 5.06 Å². The Kier molecular flexibility index (Phi) is 6.11. The second kappa shape index (κ2) is 6.55. The van der Waals surface area contributed by atoms with Gasteiger partial charge in [0.2, 0.25) is 5.91 Å². The first-order valence-electron chi connectivity index (χ1n) is 4.72. The third-order valence-electron chi connectivity index (χ3n) is 2.00. The van der Waals surface area contributed by atoms with Gasteiger partial charge in [-0.25, -0.2) is 5.06 Å². The van der Waals surface area contributed by atoms with E-state index in [4.69, 9.17) is 26.5 Å². The first-order valence-corrected chi connectivity index (χ1v) is 6.40. The van der Waals surface area contributed by atoms with Crippen LogP contribution in [0.25, 0.3) is 0 Å². The molecule has 0 saturated carbocycles.